The quantitative estimate of drug-likeness (QED) is 0.826. The van der Waals surface area contributed by atoms with Crippen molar-refractivity contribution in [1.29, 1.82) is 0 Å². The molecule has 4 fully saturated rings. The number of urea groups is 1. The lowest BCUT2D eigenvalue weighted by Crippen LogP contribution is -2.59. The van der Waals surface area contributed by atoms with Crippen LogP contribution in [0.5, 0.6) is 0 Å². The van der Waals surface area contributed by atoms with Gasteiger partial charge in [-0.1, -0.05) is 5.16 Å². The van der Waals surface area contributed by atoms with Crippen molar-refractivity contribution < 1.29 is 18.9 Å². The molecule has 144 valence electrons. The van der Waals surface area contributed by atoms with Crippen molar-refractivity contribution in [3.63, 3.8) is 0 Å². The first-order valence-corrected chi connectivity index (χ1v) is 9.56. The molecular weight excluding hydrogens is 350 g/mol. The van der Waals surface area contributed by atoms with Crippen LogP contribution in [-0.2, 0) is 4.79 Å². The number of imide groups is 1. The monoisotopic (exact) mass is 373 g/mol. The first-order valence-electron chi connectivity index (χ1n) is 9.56. The van der Waals surface area contributed by atoms with Gasteiger partial charge in [0.2, 0.25) is 5.91 Å². The van der Waals surface area contributed by atoms with E-state index in [0.29, 0.717) is 43.0 Å². The number of carbonyl (C=O) groups excluding carboxylic acids is 3. The van der Waals surface area contributed by atoms with Gasteiger partial charge >= 0.3 is 6.03 Å². The fourth-order valence-electron chi connectivity index (χ4n) is 4.49. The molecule has 0 spiro atoms. The van der Waals surface area contributed by atoms with Crippen LogP contribution in [0.25, 0.3) is 0 Å². The van der Waals surface area contributed by atoms with Gasteiger partial charge in [0.05, 0.1) is 12.6 Å². The second kappa shape index (κ2) is 6.05. The Morgan fingerprint density at radius 1 is 1.19 bits per heavy atom. The Balaban J connectivity index is 1.20. The third-order valence-corrected chi connectivity index (χ3v) is 6.31. The Morgan fingerprint density at radius 3 is 2.52 bits per heavy atom. The van der Waals surface area contributed by atoms with Crippen LogP contribution in [0.1, 0.15) is 41.4 Å². The number of aromatic nitrogens is 1. The van der Waals surface area contributed by atoms with Gasteiger partial charge in [-0.05, 0) is 24.7 Å². The van der Waals surface area contributed by atoms with Crippen molar-refractivity contribution in [1.82, 2.24) is 25.2 Å². The summed E-state index contributed by atoms with van der Waals surface area (Å²) in [6.07, 6.45) is 2.28. The number of rotatable bonds is 3. The lowest BCUT2D eigenvalue weighted by atomic mass is 10.0. The van der Waals surface area contributed by atoms with Crippen molar-refractivity contribution in [3.8, 4) is 0 Å². The van der Waals surface area contributed by atoms with E-state index in [9.17, 15) is 14.4 Å². The molecule has 3 atom stereocenters. The lowest BCUT2D eigenvalue weighted by Gasteiger charge is -2.35. The number of amides is 4. The van der Waals surface area contributed by atoms with Crippen LogP contribution in [0.4, 0.5) is 4.79 Å². The zero-order valence-electron chi connectivity index (χ0n) is 15.3. The van der Waals surface area contributed by atoms with Crippen molar-refractivity contribution in [2.45, 2.75) is 31.3 Å². The highest BCUT2D eigenvalue weighted by atomic mass is 16.5. The normalized spacial score (nSPS) is 31.4. The fraction of sp³-hybridized carbons (Fsp3) is 0.667. The zero-order chi connectivity index (χ0) is 18.7. The predicted octanol–water partition coefficient (Wildman–Crippen LogP) is 0.454. The third-order valence-electron chi connectivity index (χ3n) is 6.31. The van der Waals surface area contributed by atoms with E-state index in [4.69, 9.17) is 4.52 Å². The van der Waals surface area contributed by atoms with Crippen LogP contribution < -0.4 is 5.32 Å². The second-order valence-electron chi connectivity index (χ2n) is 8.20. The van der Waals surface area contributed by atoms with E-state index in [-0.39, 0.29) is 24.0 Å². The zero-order valence-corrected chi connectivity index (χ0v) is 15.3. The van der Waals surface area contributed by atoms with Gasteiger partial charge in [-0.2, -0.15) is 0 Å². The summed E-state index contributed by atoms with van der Waals surface area (Å²) in [7, 11) is 1.49. The van der Waals surface area contributed by atoms with E-state index >= 15 is 0 Å². The Kier molecular flexibility index (Phi) is 3.75. The third kappa shape index (κ3) is 2.90. The highest BCUT2D eigenvalue weighted by Crippen LogP contribution is 2.40. The topological polar surface area (TPSA) is 99.0 Å². The molecule has 4 aliphatic rings. The summed E-state index contributed by atoms with van der Waals surface area (Å²) < 4.78 is 5.31. The average Bonchev–Trinajstić information content (AvgIpc) is 3.06. The molecule has 3 saturated heterocycles. The SMILES string of the molecule is CN1C(=O)CC(N2CC3CN(C(=O)c4cc(C5CC5)on4)CC3C2)NC1=O. The molecule has 0 radical (unpaired) electrons. The number of nitrogens with zero attached hydrogens (tertiary/aromatic N) is 4. The number of hydrogen-bond donors (Lipinski definition) is 1. The number of hydrogen-bond acceptors (Lipinski definition) is 6. The van der Waals surface area contributed by atoms with Gasteiger partial charge in [0.15, 0.2) is 5.69 Å². The van der Waals surface area contributed by atoms with Crippen LogP contribution in [-0.4, -0.2) is 77.1 Å². The molecule has 1 saturated carbocycles. The van der Waals surface area contributed by atoms with Crippen molar-refractivity contribution in [2.24, 2.45) is 11.8 Å². The Bertz CT molecular complexity index is 771. The smallest absolute Gasteiger partial charge is 0.325 e. The molecule has 9 heteroatoms. The van der Waals surface area contributed by atoms with E-state index in [0.717, 1.165) is 36.6 Å². The minimum absolute atomic E-state index is 0.0608. The van der Waals surface area contributed by atoms with E-state index in [1.54, 1.807) is 6.07 Å². The molecular formula is C18H23N5O4. The maximum atomic E-state index is 12.7. The van der Waals surface area contributed by atoms with Gasteiger partial charge in [0.25, 0.3) is 5.91 Å². The van der Waals surface area contributed by atoms with E-state index in [1.807, 2.05) is 4.90 Å². The second-order valence-corrected chi connectivity index (χ2v) is 8.20. The minimum Gasteiger partial charge on any atom is -0.360 e. The Labute approximate surface area is 156 Å². The lowest BCUT2D eigenvalue weighted by molar-refractivity contribution is -0.130. The summed E-state index contributed by atoms with van der Waals surface area (Å²) in [6, 6.07) is 1.45. The standard InChI is InChI=1S/C18H23N5O4/c1-21-16(24)5-15(19-18(21)26)22-6-11-8-23(9-12(11)7-22)17(25)13-4-14(27-20-13)10-2-3-10/h4,10-12,15H,2-3,5-9H2,1H3,(H,19,26). The first kappa shape index (κ1) is 16.7. The van der Waals surface area contributed by atoms with Crippen LogP contribution in [0.3, 0.4) is 0 Å². The van der Waals surface area contributed by atoms with E-state index in [1.165, 1.54) is 7.05 Å². The number of nitrogens with one attached hydrogen (secondary N) is 1. The summed E-state index contributed by atoms with van der Waals surface area (Å²) in [6.45, 7) is 2.92. The largest absolute Gasteiger partial charge is 0.360 e. The number of fused-ring (bicyclic) bond motifs is 1. The molecule has 1 aromatic heterocycles. The summed E-state index contributed by atoms with van der Waals surface area (Å²) in [5.74, 6) is 1.76. The molecule has 9 nitrogen and oxygen atoms in total. The molecule has 4 heterocycles. The van der Waals surface area contributed by atoms with E-state index < -0.39 is 0 Å². The molecule has 4 amide bonds. The number of carbonyl (C=O) groups is 3. The summed E-state index contributed by atoms with van der Waals surface area (Å²) in [4.78, 5) is 41.7. The highest BCUT2D eigenvalue weighted by molar-refractivity contribution is 5.96. The minimum atomic E-state index is -0.345. The van der Waals surface area contributed by atoms with Gasteiger partial charge in [0, 0.05) is 45.2 Å². The van der Waals surface area contributed by atoms with Crippen LogP contribution in [0.15, 0.2) is 10.6 Å². The van der Waals surface area contributed by atoms with Crippen LogP contribution >= 0.6 is 0 Å². The average molecular weight is 373 g/mol. The Hall–Kier alpha value is -2.42. The molecule has 0 aromatic carbocycles. The van der Waals surface area contributed by atoms with Crippen molar-refractivity contribution in [2.75, 3.05) is 33.2 Å². The maximum Gasteiger partial charge on any atom is 0.325 e. The first-order chi connectivity index (χ1) is 13.0. The maximum absolute atomic E-state index is 12.7. The number of likely N-dealkylation sites (tertiary alicyclic amines) is 2. The Morgan fingerprint density at radius 2 is 1.89 bits per heavy atom. The highest BCUT2D eigenvalue weighted by Gasteiger charge is 2.45. The molecule has 3 aliphatic heterocycles. The molecule has 0 bridgehead atoms. The van der Waals surface area contributed by atoms with Gasteiger partial charge < -0.3 is 14.7 Å². The fourth-order valence-corrected chi connectivity index (χ4v) is 4.49. The van der Waals surface area contributed by atoms with Crippen LogP contribution in [0, 0.1) is 11.8 Å². The molecule has 5 rings (SSSR count). The van der Waals surface area contributed by atoms with Gasteiger partial charge in [-0.15, -0.1) is 0 Å². The van der Waals surface area contributed by atoms with Crippen molar-refractivity contribution >= 4 is 17.8 Å². The molecule has 1 aliphatic carbocycles. The summed E-state index contributed by atoms with van der Waals surface area (Å²) in [5, 5.41) is 6.86. The molecule has 1 N–H and O–H groups in total. The molecule has 1 aromatic rings. The van der Waals surface area contributed by atoms with Crippen molar-refractivity contribution in [3.05, 3.63) is 17.5 Å². The van der Waals surface area contributed by atoms with Gasteiger partial charge in [-0.3, -0.25) is 19.4 Å². The molecule has 27 heavy (non-hydrogen) atoms. The molecule has 3 unspecified atom stereocenters. The van der Waals surface area contributed by atoms with Gasteiger partial charge in [-0.25, -0.2) is 4.79 Å². The van der Waals surface area contributed by atoms with Crippen LogP contribution in [0.2, 0.25) is 0 Å². The summed E-state index contributed by atoms with van der Waals surface area (Å²) in [5.41, 5.74) is 0.405. The summed E-state index contributed by atoms with van der Waals surface area (Å²) >= 11 is 0. The predicted molar refractivity (Wildman–Crippen MR) is 92.6 cm³/mol. The van der Waals surface area contributed by atoms with Gasteiger partial charge in [0.1, 0.15) is 5.76 Å². The van der Waals surface area contributed by atoms with E-state index in [2.05, 4.69) is 15.4 Å².